The lowest BCUT2D eigenvalue weighted by Gasteiger charge is -2.03. The second kappa shape index (κ2) is 2.54. The van der Waals surface area contributed by atoms with Crippen LogP contribution in [0, 0.1) is 11.8 Å². The molecule has 0 aromatic carbocycles. The van der Waals surface area contributed by atoms with Gasteiger partial charge in [-0.3, -0.25) is 0 Å². The van der Waals surface area contributed by atoms with Gasteiger partial charge in [-0.15, -0.1) is 0 Å². The summed E-state index contributed by atoms with van der Waals surface area (Å²) in [6.45, 7) is 0.378. The quantitative estimate of drug-likeness (QED) is 0.736. The summed E-state index contributed by atoms with van der Waals surface area (Å²) in [4.78, 5) is 4.26. The Kier molecular flexibility index (Phi) is 1.47. The number of hydrogen-bond donors (Lipinski definition) is 1. The van der Waals surface area contributed by atoms with Crippen molar-refractivity contribution in [3.8, 4) is 0 Å². The largest absolute Gasteiger partial charge is 0.339 e. The molecule has 2 saturated carbocycles. The van der Waals surface area contributed by atoms with E-state index in [1.54, 1.807) is 0 Å². The summed E-state index contributed by atoms with van der Waals surface area (Å²) >= 11 is 0. The lowest BCUT2D eigenvalue weighted by atomic mass is 10.0. The number of rotatable bonds is 2. The predicted octanol–water partition coefficient (Wildman–Crippen LogP) is 1.04. The normalized spacial score (nSPS) is 36.2. The van der Waals surface area contributed by atoms with Crippen molar-refractivity contribution in [1.82, 2.24) is 10.1 Å². The molecule has 2 aliphatic carbocycles. The van der Waals surface area contributed by atoms with E-state index in [0.29, 0.717) is 18.3 Å². The number of nitrogens with two attached hydrogens (primary N) is 1. The van der Waals surface area contributed by atoms with Crippen molar-refractivity contribution in [2.24, 2.45) is 17.6 Å². The van der Waals surface area contributed by atoms with E-state index in [0.717, 1.165) is 17.7 Å². The minimum absolute atomic E-state index is 0.378. The first-order valence-electron chi connectivity index (χ1n) is 4.89. The maximum absolute atomic E-state index is 5.41. The lowest BCUT2D eigenvalue weighted by molar-refractivity contribution is 0.342. The molecule has 0 amide bonds. The van der Waals surface area contributed by atoms with E-state index in [9.17, 15) is 0 Å². The average molecular weight is 179 g/mol. The van der Waals surface area contributed by atoms with Crippen LogP contribution in [0.5, 0.6) is 0 Å². The molecule has 2 unspecified atom stereocenters. The summed E-state index contributed by atoms with van der Waals surface area (Å²) in [7, 11) is 0. The van der Waals surface area contributed by atoms with Gasteiger partial charge in [-0.1, -0.05) is 5.16 Å². The Labute approximate surface area is 76.5 Å². The molecule has 2 atom stereocenters. The van der Waals surface area contributed by atoms with Gasteiger partial charge < -0.3 is 10.3 Å². The average Bonchev–Trinajstić information content (AvgIpc) is 2.67. The second-order valence-electron chi connectivity index (χ2n) is 4.18. The first-order valence-corrected chi connectivity index (χ1v) is 4.89. The molecule has 2 N–H and O–H groups in total. The van der Waals surface area contributed by atoms with Gasteiger partial charge in [0.05, 0.1) is 6.54 Å². The molecule has 0 radical (unpaired) electrons. The van der Waals surface area contributed by atoms with Crippen LogP contribution in [-0.4, -0.2) is 10.1 Å². The Morgan fingerprint density at radius 2 is 2.08 bits per heavy atom. The Hall–Kier alpha value is -0.900. The fourth-order valence-electron chi connectivity index (χ4n) is 2.43. The van der Waals surface area contributed by atoms with Crippen molar-refractivity contribution in [3.05, 3.63) is 11.7 Å². The van der Waals surface area contributed by atoms with Crippen LogP contribution in [0.15, 0.2) is 4.52 Å². The van der Waals surface area contributed by atoms with Gasteiger partial charge in [-0.25, -0.2) is 0 Å². The molecule has 0 spiro atoms. The van der Waals surface area contributed by atoms with Crippen LogP contribution in [0.2, 0.25) is 0 Å². The summed E-state index contributed by atoms with van der Waals surface area (Å²) in [5.74, 6) is 3.89. The van der Waals surface area contributed by atoms with Crippen molar-refractivity contribution in [2.45, 2.75) is 31.7 Å². The number of hydrogen-bond acceptors (Lipinski definition) is 4. The monoisotopic (exact) mass is 179 g/mol. The van der Waals surface area contributed by atoms with E-state index in [4.69, 9.17) is 10.3 Å². The van der Waals surface area contributed by atoms with Crippen LogP contribution >= 0.6 is 0 Å². The highest BCUT2D eigenvalue weighted by Crippen LogP contribution is 2.57. The molecule has 4 nitrogen and oxygen atoms in total. The van der Waals surface area contributed by atoms with Crippen LogP contribution in [0.25, 0.3) is 0 Å². The van der Waals surface area contributed by atoms with E-state index < -0.39 is 0 Å². The third-order valence-electron chi connectivity index (χ3n) is 3.26. The lowest BCUT2D eigenvalue weighted by Crippen LogP contribution is -2.00. The Balaban J connectivity index is 1.77. The summed E-state index contributed by atoms with van der Waals surface area (Å²) in [5, 5.41) is 3.81. The van der Waals surface area contributed by atoms with E-state index in [2.05, 4.69) is 10.1 Å². The topological polar surface area (TPSA) is 64.9 Å². The van der Waals surface area contributed by atoms with Crippen LogP contribution in [0.1, 0.15) is 36.9 Å². The number of fused-ring (bicyclic) bond motifs is 1. The SMILES string of the molecule is NCc1noc(C2CC3CC3C2)n1. The highest BCUT2D eigenvalue weighted by atomic mass is 16.5. The summed E-state index contributed by atoms with van der Waals surface area (Å²) < 4.78 is 5.17. The Bertz CT molecular complexity index is 312. The van der Waals surface area contributed by atoms with Crippen molar-refractivity contribution in [2.75, 3.05) is 0 Å². The number of nitrogens with zero attached hydrogens (tertiary/aromatic N) is 2. The van der Waals surface area contributed by atoms with E-state index in [1.165, 1.54) is 19.3 Å². The van der Waals surface area contributed by atoms with Crippen LogP contribution < -0.4 is 5.73 Å². The molecule has 3 rings (SSSR count). The number of aromatic nitrogens is 2. The molecule has 1 aromatic heterocycles. The second-order valence-corrected chi connectivity index (χ2v) is 4.18. The van der Waals surface area contributed by atoms with Crippen molar-refractivity contribution < 1.29 is 4.52 Å². The van der Waals surface area contributed by atoms with Gasteiger partial charge in [0, 0.05) is 5.92 Å². The molecular weight excluding hydrogens is 166 g/mol. The molecule has 13 heavy (non-hydrogen) atoms. The highest BCUT2D eigenvalue weighted by molar-refractivity contribution is 5.06. The summed E-state index contributed by atoms with van der Waals surface area (Å²) in [6, 6.07) is 0. The van der Waals surface area contributed by atoms with Crippen molar-refractivity contribution in [1.29, 1.82) is 0 Å². The highest BCUT2D eigenvalue weighted by Gasteiger charge is 2.47. The molecule has 0 saturated heterocycles. The Morgan fingerprint density at radius 1 is 1.31 bits per heavy atom. The minimum atomic E-state index is 0.378. The smallest absolute Gasteiger partial charge is 0.229 e. The van der Waals surface area contributed by atoms with Gasteiger partial charge in [0.2, 0.25) is 5.89 Å². The molecule has 1 aromatic rings. The van der Waals surface area contributed by atoms with Gasteiger partial charge in [0.25, 0.3) is 0 Å². The fourth-order valence-corrected chi connectivity index (χ4v) is 2.43. The fraction of sp³-hybridized carbons (Fsp3) is 0.778. The van der Waals surface area contributed by atoms with Crippen molar-refractivity contribution >= 4 is 0 Å². The van der Waals surface area contributed by atoms with E-state index >= 15 is 0 Å². The van der Waals surface area contributed by atoms with Gasteiger partial charge in [-0.05, 0) is 31.1 Å². The first kappa shape index (κ1) is 7.50. The summed E-state index contributed by atoms with van der Waals surface area (Å²) in [6.07, 6.45) is 3.92. The van der Waals surface area contributed by atoms with Crippen LogP contribution in [-0.2, 0) is 6.54 Å². The van der Waals surface area contributed by atoms with Gasteiger partial charge in [-0.2, -0.15) is 4.98 Å². The molecule has 70 valence electrons. The molecule has 4 heteroatoms. The molecule has 0 aliphatic heterocycles. The van der Waals surface area contributed by atoms with E-state index in [1.807, 2.05) is 0 Å². The predicted molar refractivity (Wildman–Crippen MR) is 45.8 cm³/mol. The van der Waals surface area contributed by atoms with Gasteiger partial charge >= 0.3 is 0 Å². The van der Waals surface area contributed by atoms with Gasteiger partial charge in [0.15, 0.2) is 5.82 Å². The Morgan fingerprint density at radius 3 is 2.69 bits per heavy atom. The molecule has 2 aliphatic rings. The zero-order chi connectivity index (χ0) is 8.84. The zero-order valence-corrected chi connectivity index (χ0v) is 7.44. The van der Waals surface area contributed by atoms with Crippen LogP contribution in [0.4, 0.5) is 0 Å². The summed E-state index contributed by atoms with van der Waals surface area (Å²) in [5.41, 5.74) is 5.41. The molecule has 2 fully saturated rings. The third kappa shape index (κ3) is 1.16. The van der Waals surface area contributed by atoms with Crippen LogP contribution in [0.3, 0.4) is 0 Å². The maximum Gasteiger partial charge on any atom is 0.229 e. The minimum Gasteiger partial charge on any atom is -0.339 e. The first-order chi connectivity index (χ1) is 6.36. The maximum atomic E-state index is 5.41. The molecular formula is C9H13N3O. The van der Waals surface area contributed by atoms with Gasteiger partial charge in [0.1, 0.15) is 0 Å². The molecule has 0 bridgehead atoms. The molecule has 1 heterocycles. The van der Waals surface area contributed by atoms with E-state index in [-0.39, 0.29) is 0 Å². The zero-order valence-electron chi connectivity index (χ0n) is 7.44. The standard InChI is InChI=1S/C9H13N3O/c10-4-8-11-9(13-12-8)7-2-5-1-6(5)3-7/h5-7H,1-4,10H2. The van der Waals surface area contributed by atoms with Crippen molar-refractivity contribution in [3.63, 3.8) is 0 Å². The third-order valence-corrected chi connectivity index (χ3v) is 3.26.